The summed E-state index contributed by atoms with van der Waals surface area (Å²) in [7, 11) is 0.286. The third-order valence-corrected chi connectivity index (χ3v) is 15.8. The number of aryl methyl sites for hydroxylation is 1. The van der Waals surface area contributed by atoms with E-state index >= 15 is 0 Å². The molecule has 65 heavy (non-hydrogen) atoms. The summed E-state index contributed by atoms with van der Waals surface area (Å²) in [6, 6.07) is 18.7. The van der Waals surface area contributed by atoms with E-state index in [0.717, 1.165) is 98.7 Å². The van der Waals surface area contributed by atoms with Crippen molar-refractivity contribution in [3.63, 3.8) is 0 Å². The molecule has 4 aromatic rings. The first kappa shape index (κ1) is 44.7. The number of halogens is 1. The maximum atomic E-state index is 13.6. The van der Waals surface area contributed by atoms with E-state index in [4.69, 9.17) is 9.72 Å². The molecule has 3 N–H and O–H groups in total. The fraction of sp³-hybridized carbons (Fsp3) is 0.468. The quantitative estimate of drug-likeness (QED) is 0.143. The number of rotatable bonds is 12. The van der Waals surface area contributed by atoms with Crippen LogP contribution in [0.3, 0.4) is 0 Å². The van der Waals surface area contributed by atoms with Crippen LogP contribution in [0.4, 0.5) is 40.2 Å². The van der Waals surface area contributed by atoms with Crippen LogP contribution < -0.4 is 34.8 Å². The number of imide groups is 1. The second-order valence-electron chi connectivity index (χ2n) is 18.0. The lowest BCUT2D eigenvalue weighted by molar-refractivity contribution is -0.141. The second kappa shape index (κ2) is 18.4. The van der Waals surface area contributed by atoms with Crippen LogP contribution in [0.25, 0.3) is 0 Å². The highest BCUT2D eigenvalue weighted by Crippen LogP contribution is 2.41. The Kier molecular flexibility index (Phi) is 12.7. The van der Waals surface area contributed by atoms with Gasteiger partial charge in [0, 0.05) is 101 Å². The fourth-order valence-corrected chi connectivity index (χ4v) is 11.5. The number of benzene rings is 3. The molecule has 0 bridgehead atoms. The van der Waals surface area contributed by atoms with Crippen LogP contribution in [-0.4, -0.2) is 124 Å². The number of hydrogen-bond donors (Lipinski definition) is 3. The van der Waals surface area contributed by atoms with Crippen molar-refractivity contribution in [2.24, 2.45) is 5.92 Å². The Hall–Kier alpha value is -5.46. The summed E-state index contributed by atoms with van der Waals surface area (Å²) in [4.78, 5) is 56.1. The van der Waals surface area contributed by atoms with E-state index in [1.165, 1.54) is 10.6 Å². The number of piperidine rings is 2. The van der Waals surface area contributed by atoms with E-state index in [1.807, 2.05) is 42.5 Å². The maximum absolute atomic E-state index is 13.6. The largest absolute Gasteiger partial charge is 0.494 e. The molecule has 4 aliphatic heterocycles. The Balaban J connectivity index is 0.750. The van der Waals surface area contributed by atoms with Gasteiger partial charge in [-0.1, -0.05) is 24.3 Å². The lowest BCUT2D eigenvalue weighted by Crippen LogP contribution is -2.57. The van der Waals surface area contributed by atoms with Crippen LogP contribution in [-0.2, 0) is 30.8 Å². The van der Waals surface area contributed by atoms with Gasteiger partial charge in [0.15, 0.2) is 0 Å². The Morgan fingerprint density at radius 2 is 1.66 bits per heavy atom. The van der Waals surface area contributed by atoms with Gasteiger partial charge in [0.2, 0.25) is 33.7 Å². The van der Waals surface area contributed by atoms with Crippen LogP contribution in [0.15, 0.2) is 65.3 Å². The third kappa shape index (κ3) is 9.34. The molecule has 5 aliphatic rings. The number of fused-ring (bicyclic) bond motifs is 1. The Morgan fingerprint density at radius 1 is 0.923 bits per heavy atom. The van der Waals surface area contributed by atoms with Crippen LogP contribution >= 0.6 is 15.9 Å². The minimum Gasteiger partial charge on any atom is -0.494 e. The van der Waals surface area contributed by atoms with Gasteiger partial charge in [-0.15, -0.1) is 0 Å². The molecule has 1 aromatic heterocycles. The zero-order valence-corrected chi connectivity index (χ0v) is 39.8. The highest BCUT2D eigenvalue weighted by Gasteiger charge is 2.40. The minimum atomic E-state index is -3.45. The number of amides is 3. The number of para-hydroxylation sites is 1. The summed E-state index contributed by atoms with van der Waals surface area (Å²) < 4.78 is 33.1. The van der Waals surface area contributed by atoms with E-state index in [9.17, 15) is 22.8 Å². The first-order chi connectivity index (χ1) is 31.2. The summed E-state index contributed by atoms with van der Waals surface area (Å²) in [6.45, 7) is 7.65. The van der Waals surface area contributed by atoms with E-state index in [-0.39, 0.29) is 29.6 Å². The van der Waals surface area contributed by atoms with Crippen molar-refractivity contribution in [2.45, 2.75) is 69.9 Å². The van der Waals surface area contributed by atoms with Crippen molar-refractivity contribution < 1.29 is 27.5 Å². The molecule has 1 saturated carbocycles. The molecule has 1 aliphatic carbocycles. The normalized spacial score (nSPS) is 21.7. The number of anilines is 7. The molecule has 5 heterocycles. The topological polar surface area (TPSA) is 173 Å². The van der Waals surface area contributed by atoms with Crippen molar-refractivity contribution in [1.29, 1.82) is 0 Å². The van der Waals surface area contributed by atoms with Gasteiger partial charge in [-0.25, -0.2) is 13.4 Å². The monoisotopic (exact) mass is 968 g/mol. The van der Waals surface area contributed by atoms with Crippen LogP contribution in [0, 0.1) is 12.8 Å². The van der Waals surface area contributed by atoms with E-state index < -0.39 is 10.0 Å². The standard InChI is InChI=1S/C47H57BrN10O6S/c1-29-24-39(51-47-49-28-37(48)44(53-47)50-38-7-5-6-31-14-19-58(43(31)38)65(4,62)63)41(64-3)27-40(29)56-17-15-34(16-18-56)55-20-22-57(23-21-55)46(61)32-25-35(26-32)54(2)33-10-8-30(9-11-33)36-12-13-42(59)52-45(36)60/h5-11,24,27-28,32,34-36H,12-23,25-26H2,1-4H3,(H,52,59,60)(H2,49,50,51,53)/t32-,35-,36?. The zero-order valence-electron chi connectivity index (χ0n) is 37.3. The first-order valence-corrected chi connectivity index (χ1v) is 25.2. The number of sulfonamides is 1. The predicted octanol–water partition coefficient (Wildman–Crippen LogP) is 5.91. The SMILES string of the molecule is COc1cc(N2CCC(N3CCN(C(=O)[C@H]4C[C@H](N(C)c5ccc(C6CCC(=O)NC6=O)cc5)C4)CC3)CC2)c(C)cc1Nc1ncc(Br)c(Nc2cccc3c2N(S(C)(=O)=O)CC3)n1. The number of methoxy groups -OCH3 is 1. The summed E-state index contributed by atoms with van der Waals surface area (Å²) in [5.41, 5.74) is 7.19. The lowest BCUT2D eigenvalue weighted by Gasteiger charge is -2.46. The predicted molar refractivity (Wildman–Crippen MR) is 256 cm³/mol. The average Bonchev–Trinajstić information content (AvgIpc) is 3.74. The Labute approximate surface area is 389 Å². The van der Waals surface area contributed by atoms with Gasteiger partial charge < -0.3 is 30.1 Å². The third-order valence-electron chi connectivity index (χ3n) is 14.0. The number of ether oxygens (including phenoxy) is 1. The summed E-state index contributed by atoms with van der Waals surface area (Å²) in [6.07, 6.45) is 8.18. The average molecular weight is 970 g/mol. The molecular formula is C47H57BrN10O6S. The van der Waals surface area contributed by atoms with E-state index in [2.05, 4.69) is 82.6 Å². The number of nitrogens with zero attached hydrogens (tertiary/aromatic N) is 7. The number of carbonyl (C=O) groups is 3. The molecule has 3 aromatic carbocycles. The second-order valence-corrected chi connectivity index (χ2v) is 20.7. The van der Waals surface area contributed by atoms with Crippen LogP contribution in [0.2, 0.25) is 0 Å². The molecule has 344 valence electrons. The van der Waals surface area contributed by atoms with Gasteiger partial charge in [0.05, 0.1) is 40.8 Å². The van der Waals surface area contributed by atoms with Gasteiger partial charge >= 0.3 is 0 Å². The van der Waals surface area contributed by atoms with Gasteiger partial charge in [0.25, 0.3) is 0 Å². The van der Waals surface area contributed by atoms with Crippen molar-refractivity contribution in [2.75, 3.05) is 91.0 Å². The number of aromatic nitrogens is 2. The molecule has 0 spiro atoms. The molecule has 0 radical (unpaired) electrons. The minimum absolute atomic E-state index is 0.0519. The number of piperazine rings is 1. The van der Waals surface area contributed by atoms with Gasteiger partial charge in [0.1, 0.15) is 11.6 Å². The fourth-order valence-electron chi connectivity index (χ4n) is 10.2. The summed E-state index contributed by atoms with van der Waals surface area (Å²) in [5.74, 6) is 1.13. The Morgan fingerprint density at radius 3 is 2.35 bits per heavy atom. The highest BCUT2D eigenvalue weighted by atomic mass is 79.9. The molecule has 16 nitrogen and oxygen atoms in total. The number of hydrogen-bond acceptors (Lipinski definition) is 13. The smallest absolute Gasteiger partial charge is 0.234 e. The highest BCUT2D eigenvalue weighted by molar-refractivity contribution is 9.10. The molecule has 1 atom stereocenters. The van der Waals surface area contributed by atoms with E-state index in [0.29, 0.717) is 71.3 Å². The van der Waals surface area contributed by atoms with Crippen molar-refractivity contribution in [1.82, 2.24) is 25.1 Å². The maximum Gasteiger partial charge on any atom is 0.234 e. The molecule has 4 fully saturated rings. The number of carbonyl (C=O) groups excluding carboxylic acids is 3. The molecule has 9 rings (SSSR count). The summed E-state index contributed by atoms with van der Waals surface area (Å²) >= 11 is 3.56. The zero-order chi connectivity index (χ0) is 45.6. The molecule has 18 heteroatoms. The van der Waals surface area contributed by atoms with Crippen molar-refractivity contribution in [3.8, 4) is 5.75 Å². The van der Waals surface area contributed by atoms with E-state index in [1.54, 1.807) is 13.3 Å². The van der Waals surface area contributed by atoms with Crippen LogP contribution in [0.5, 0.6) is 5.75 Å². The molecule has 3 saturated heterocycles. The first-order valence-electron chi connectivity index (χ1n) is 22.5. The van der Waals surface area contributed by atoms with Crippen molar-refractivity contribution >= 4 is 83.9 Å². The van der Waals surface area contributed by atoms with Crippen LogP contribution in [0.1, 0.15) is 61.1 Å². The number of nitrogens with one attached hydrogen (secondary N) is 3. The molecule has 3 amide bonds. The van der Waals surface area contributed by atoms with Gasteiger partial charge in [-0.05, 0) is 102 Å². The van der Waals surface area contributed by atoms with Gasteiger partial charge in [-0.3, -0.25) is 28.9 Å². The summed E-state index contributed by atoms with van der Waals surface area (Å²) in [5, 5.41) is 9.13. The van der Waals surface area contributed by atoms with Gasteiger partial charge in [-0.2, -0.15) is 4.98 Å². The Bertz CT molecular complexity index is 2580. The van der Waals surface area contributed by atoms with Crippen molar-refractivity contribution in [3.05, 3.63) is 82.0 Å². The lowest BCUT2D eigenvalue weighted by atomic mass is 9.78. The molecular weight excluding hydrogens is 913 g/mol. The molecule has 1 unspecified atom stereocenters.